The summed E-state index contributed by atoms with van der Waals surface area (Å²) in [5, 5.41) is 0. The summed E-state index contributed by atoms with van der Waals surface area (Å²) in [4.78, 5) is 20.0. The Morgan fingerprint density at radius 3 is 2.55 bits per heavy atom. The quantitative estimate of drug-likeness (QED) is 0.801. The highest BCUT2D eigenvalue weighted by atomic mass is 16.5. The molecule has 104 valence electrons. The van der Waals surface area contributed by atoms with Gasteiger partial charge in [0.25, 0.3) is 0 Å². The van der Waals surface area contributed by atoms with Crippen molar-refractivity contribution >= 4 is 5.97 Å². The van der Waals surface area contributed by atoms with Gasteiger partial charge in [0.1, 0.15) is 5.75 Å². The molecule has 0 saturated heterocycles. The number of aryl methyl sites for hydroxylation is 1. The van der Waals surface area contributed by atoms with Crippen LogP contribution in [-0.2, 0) is 4.74 Å². The molecule has 0 saturated carbocycles. The molecule has 0 fully saturated rings. The van der Waals surface area contributed by atoms with E-state index in [4.69, 9.17) is 4.74 Å². The van der Waals surface area contributed by atoms with Crippen LogP contribution in [0.15, 0.2) is 30.5 Å². The summed E-state index contributed by atoms with van der Waals surface area (Å²) < 4.78 is 10.1. The molecule has 5 nitrogen and oxygen atoms in total. The van der Waals surface area contributed by atoms with E-state index < -0.39 is 5.97 Å². The summed E-state index contributed by atoms with van der Waals surface area (Å²) in [5.74, 6) is 0.302. The molecular formula is C15H16N2O3. The van der Waals surface area contributed by atoms with E-state index in [2.05, 4.69) is 14.7 Å². The van der Waals surface area contributed by atoms with Gasteiger partial charge < -0.3 is 9.47 Å². The summed E-state index contributed by atoms with van der Waals surface area (Å²) in [6.07, 6.45) is 1.42. The molecule has 2 aromatic rings. The normalized spacial score (nSPS) is 10.2. The average Bonchev–Trinajstić information content (AvgIpc) is 2.48. The van der Waals surface area contributed by atoms with Crippen LogP contribution < -0.4 is 4.74 Å². The van der Waals surface area contributed by atoms with E-state index in [0.29, 0.717) is 12.3 Å². The second-order valence-corrected chi connectivity index (χ2v) is 4.14. The molecule has 20 heavy (non-hydrogen) atoms. The Morgan fingerprint density at radius 1 is 1.25 bits per heavy atom. The molecule has 1 aromatic heterocycles. The first-order valence-corrected chi connectivity index (χ1v) is 6.31. The van der Waals surface area contributed by atoms with Crippen LogP contribution in [0.5, 0.6) is 5.75 Å². The van der Waals surface area contributed by atoms with Crippen molar-refractivity contribution in [2.45, 2.75) is 13.8 Å². The van der Waals surface area contributed by atoms with Crippen LogP contribution in [0.25, 0.3) is 11.3 Å². The van der Waals surface area contributed by atoms with E-state index >= 15 is 0 Å². The van der Waals surface area contributed by atoms with E-state index in [1.54, 1.807) is 0 Å². The van der Waals surface area contributed by atoms with Crippen LogP contribution in [0.2, 0.25) is 0 Å². The summed E-state index contributed by atoms with van der Waals surface area (Å²) >= 11 is 0. The minimum atomic E-state index is -0.496. The Kier molecular flexibility index (Phi) is 4.30. The molecule has 0 unspecified atom stereocenters. The van der Waals surface area contributed by atoms with Crippen LogP contribution in [0.4, 0.5) is 0 Å². The number of carbonyl (C=O) groups is 1. The second-order valence-electron chi connectivity index (χ2n) is 4.14. The van der Waals surface area contributed by atoms with Crippen LogP contribution in [-0.4, -0.2) is 29.7 Å². The third-order valence-electron chi connectivity index (χ3n) is 2.79. The molecular weight excluding hydrogens is 256 g/mol. The molecule has 0 aliphatic heterocycles. The lowest BCUT2D eigenvalue weighted by Gasteiger charge is -2.08. The Bertz CT molecular complexity index is 609. The predicted molar refractivity (Wildman–Crippen MR) is 74.7 cm³/mol. The maximum atomic E-state index is 11.5. The van der Waals surface area contributed by atoms with E-state index in [9.17, 15) is 4.79 Å². The van der Waals surface area contributed by atoms with Crippen LogP contribution in [0.1, 0.15) is 23.1 Å². The first kappa shape index (κ1) is 14.0. The number of hydrogen-bond acceptors (Lipinski definition) is 5. The molecule has 0 aliphatic carbocycles. The molecule has 0 aliphatic rings. The zero-order valence-corrected chi connectivity index (χ0v) is 11.7. The van der Waals surface area contributed by atoms with E-state index in [-0.39, 0.29) is 5.69 Å². The van der Waals surface area contributed by atoms with Gasteiger partial charge >= 0.3 is 5.97 Å². The van der Waals surface area contributed by atoms with Gasteiger partial charge in [-0.15, -0.1) is 0 Å². The highest BCUT2D eigenvalue weighted by Crippen LogP contribution is 2.23. The molecule has 2 rings (SSSR count). The van der Waals surface area contributed by atoms with E-state index in [1.165, 1.54) is 13.3 Å². The fourth-order valence-electron chi connectivity index (χ4n) is 1.80. The van der Waals surface area contributed by atoms with Gasteiger partial charge in [0.2, 0.25) is 0 Å². The monoisotopic (exact) mass is 272 g/mol. The summed E-state index contributed by atoms with van der Waals surface area (Å²) in [6, 6.07) is 7.52. The van der Waals surface area contributed by atoms with Crippen molar-refractivity contribution < 1.29 is 14.3 Å². The largest absolute Gasteiger partial charge is 0.494 e. The first-order chi connectivity index (χ1) is 9.65. The molecule has 0 spiro atoms. The minimum Gasteiger partial charge on any atom is -0.494 e. The maximum Gasteiger partial charge on any atom is 0.358 e. The van der Waals surface area contributed by atoms with Crippen molar-refractivity contribution in [3.05, 3.63) is 41.9 Å². The highest BCUT2D eigenvalue weighted by molar-refractivity contribution is 5.87. The molecule has 1 heterocycles. The van der Waals surface area contributed by atoms with Crippen molar-refractivity contribution in [2.75, 3.05) is 13.7 Å². The van der Waals surface area contributed by atoms with Gasteiger partial charge in [-0.2, -0.15) is 0 Å². The molecule has 5 heteroatoms. The SMILES string of the molecule is CCOc1ccc(-c2nc(C(=O)OC)cnc2C)cc1. The van der Waals surface area contributed by atoms with Crippen LogP contribution in [0.3, 0.4) is 0 Å². The topological polar surface area (TPSA) is 61.3 Å². The Hall–Kier alpha value is -2.43. The average molecular weight is 272 g/mol. The molecule has 0 amide bonds. The zero-order chi connectivity index (χ0) is 14.5. The molecule has 0 radical (unpaired) electrons. The fraction of sp³-hybridized carbons (Fsp3) is 0.267. The number of aromatic nitrogens is 2. The number of benzene rings is 1. The lowest BCUT2D eigenvalue weighted by molar-refractivity contribution is 0.0593. The van der Waals surface area contributed by atoms with Gasteiger partial charge in [-0.1, -0.05) is 0 Å². The summed E-state index contributed by atoms with van der Waals surface area (Å²) in [5.41, 5.74) is 2.49. The number of hydrogen-bond donors (Lipinski definition) is 0. The lowest BCUT2D eigenvalue weighted by atomic mass is 10.1. The zero-order valence-electron chi connectivity index (χ0n) is 11.7. The van der Waals surface area contributed by atoms with Crippen molar-refractivity contribution in [2.24, 2.45) is 0 Å². The summed E-state index contributed by atoms with van der Waals surface area (Å²) in [7, 11) is 1.32. The second kappa shape index (κ2) is 6.14. The highest BCUT2D eigenvalue weighted by Gasteiger charge is 2.12. The first-order valence-electron chi connectivity index (χ1n) is 6.31. The summed E-state index contributed by atoms with van der Waals surface area (Å²) in [6.45, 7) is 4.40. The Labute approximate surface area is 117 Å². The molecule has 0 N–H and O–H groups in total. The van der Waals surface area contributed by atoms with Gasteiger partial charge in [0, 0.05) is 5.56 Å². The minimum absolute atomic E-state index is 0.196. The van der Waals surface area contributed by atoms with Gasteiger partial charge in [-0.25, -0.2) is 9.78 Å². The van der Waals surface area contributed by atoms with Gasteiger partial charge in [0.15, 0.2) is 5.69 Å². The van der Waals surface area contributed by atoms with Crippen LogP contribution in [0, 0.1) is 6.92 Å². The third-order valence-corrected chi connectivity index (χ3v) is 2.79. The number of methoxy groups -OCH3 is 1. The van der Waals surface area contributed by atoms with Gasteiger partial charge in [0.05, 0.1) is 31.3 Å². The standard InChI is InChI=1S/C15H16N2O3/c1-4-20-12-7-5-11(6-8-12)14-10(2)16-9-13(17-14)15(18)19-3/h5-9H,4H2,1-3H3. The Balaban J connectivity index is 2.38. The van der Waals surface area contributed by atoms with Crippen LogP contribution >= 0.6 is 0 Å². The fourth-order valence-corrected chi connectivity index (χ4v) is 1.80. The molecule has 0 atom stereocenters. The van der Waals surface area contributed by atoms with Crippen molar-refractivity contribution in [1.29, 1.82) is 0 Å². The number of ether oxygens (including phenoxy) is 2. The number of esters is 1. The number of rotatable bonds is 4. The van der Waals surface area contributed by atoms with Crippen molar-refractivity contribution in [3.8, 4) is 17.0 Å². The van der Waals surface area contributed by atoms with Gasteiger partial charge in [-0.05, 0) is 38.1 Å². The smallest absolute Gasteiger partial charge is 0.358 e. The van der Waals surface area contributed by atoms with Crippen molar-refractivity contribution in [1.82, 2.24) is 9.97 Å². The van der Waals surface area contributed by atoms with E-state index in [0.717, 1.165) is 17.0 Å². The molecule has 1 aromatic carbocycles. The van der Waals surface area contributed by atoms with E-state index in [1.807, 2.05) is 38.1 Å². The predicted octanol–water partition coefficient (Wildman–Crippen LogP) is 2.64. The van der Waals surface area contributed by atoms with Crippen molar-refractivity contribution in [3.63, 3.8) is 0 Å². The third kappa shape index (κ3) is 2.93. The van der Waals surface area contributed by atoms with Gasteiger partial charge in [-0.3, -0.25) is 4.98 Å². The Morgan fingerprint density at radius 2 is 1.95 bits per heavy atom. The lowest BCUT2D eigenvalue weighted by Crippen LogP contribution is -2.07. The number of nitrogens with zero attached hydrogens (tertiary/aromatic N) is 2. The maximum absolute atomic E-state index is 11.5. The molecule has 0 bridgehead atoms. The number of carbonyl (C=O) groups excluding carboxylic acids is 1.